The maximum Gasteiger partial charge on any atom is 0.185 e. The van der Waals surface area contributed by atoms with E-state index in [2.05, 4.69) is 4.90 Å². The molecule has 1 aliphatic rings. The molecule has 0 aromatic carbocycles. The van der Waals surface area contributed by atoms with Crippen molar-refractivity contribution < 1.29 is 13.4 Å². The van der Waals surface area contributed by atoms with Gasteiger partial charge >= 0.3 is 0 Å². The molecule has 1 saturated heterocycles. The summed E-state index contributed by atoms with van der Waals surface area (Å²) in [5.74, 6) is 2.64. The van der Waals surface area contributed by atoms with Crippen molar-refractivity contribution in [2.24, 2.45) is 0 Å². The summed E-state index contributed by atoms with van der Waals surface area (Å²) in [6, 6.07) is 3.49. The minimum absolute atomic E-state index is 0.366. The lowest BCUT2D eigenvalue weighted by Gasteiger charge is -2.24. The molecule has 2 heterocycles. The first-order chi connectivity index (χ1) is 7.28. The Morgan fingerprint density at radius 2 is 2.13 bits per heavy atom. The van der Waals surface area contributed by atoms with Gasteiger partial charge in [0.15, 0.2) is 12.0 Å². The number of furan rings is 1. The second kappa shape index (κ2) is 4.72. The topological polar surface area (TPSA) is 50.5 Å². The van der Waals surface area contributed by atoms with Crippen LogP contribution in [0.3, 0.4) is 0 Å². The molecule has 1 fully saturated rings. The predicted molar refractivity (Wildman–Crippen MR) is 57.2 cm³/mol. The van der Waals surface area contributed by atoms with Crippen LogP contribution in [0.4, 0.5) is 0 Å². The highest BCUT2D eigenvalue weighted by molar-refractivity contribution is 7.85. The third kappa shape index (κ3) is 2.76. The molecule has 1 aliphatic heterocycles. The summed E-state index contributed by atoms with van der Waals surface area (Å²) in [5, 5.41) is 0. The molecule has 0 radical (unpaired) electrons. The fraction of sp³-hybridized carbons (Fsp3) is 0.500. The van der Waals surface area contributed by atoms with E-state index in [0.717, 1.165) is 30.4 Å². The minimum Gasteiger partial charge on any atom is -0.457 e. The van der Waals surface area contributed by atoms with Crippen LogP contribution in [-0.2, 0) is 17.3 Å². The summed E-state index contributed by atoms with van der Waals surface area (Å²) >= 11 is 0. The lowest BCUT2D eigenvalue weighted by atomic mass is 10.4. The fourth-order valence-electron chi connectivity index (χ4n) is 1.60. The van der Waals surface area contributed by atoms with Gasteiger partial charge in [-0.2, -0.15) is 0 Å². The Morgan fingerprint density at radius 1 is 1.40 bits per heavy atom. The van der Waals surface area contributed by atoms with Crippen LogP contribution in [0, 0.1) is 0 Å². The smallest absolute Gasteiger partial charge is 0.185 e. The van der Waals surface area contributed by atoms with Crippen molar-refractivity contribution in [2.75, 3.05) is 24.6 Å². The highest BCUT2D eigenvalue weighted by Crippen LogP contribution is 2.10. The number of rotatable bonds is 3. The van der Waals surface area contributed by atoms with Crippen LogP contribution in [0.5, 0.6) is 0 Å². The van der Waals surface area contributed by atoms with Crippen molar-refractivity contribution in [1.29, 1.82) is 0 Å². The number of aldehydes is 1. The normalized spacial score (nSPS) is 19.2. The highest BCUT2D eigenvalue weighted by Gasteiger charge is 2.16. The predicted octanol–water partition coefficient (Wildman–Crippen LogP) is 0.656. The van der Waals surface area contributed by atoms with Gasteiger partial charge in [-0.25, -0.2) is 0 Å². The zero-order valence-corrected chi connectivity index (χ0v) is 9.16. The van der Waals surface area contributed by atoms with Crippen molar-refractivity contribution in [1.82, 2.24) is 4.90 Å². The van der Waals surface area contributed by atoms with Gasteiger partial charge in [0.25, 0.3) is 0 Å². The number of hydrogen-bond donors (Lipinski definition) is 0. The summed E-state index contributed by atoms with van der Waals surface area (Å²) in [7, 11) is -0.644. The van der Waals surface area contributed by atoms with E-state index in [1.54, 1.807) is 6.07 Å². The van der Waals surface area contributed by atoms with Crippen LogP contribution < -0.4 is 0 Å². The van der Waals surface area contributed by atoms with Gasteiger partial charge in [-0.05, 0) is 12.1 Å². The molecule has 1 aromatic rings. The van der Waals surface area contributed by atoms with E-state index in [0.29, 0.717) is 18.6 Å². The van der Waals surface area contributed by atoms with Gasteiger partial charge in [0.1, 0.15) is 5.76 Å². The molecule has 1 aromatic heterocycles. The first kappa shape index (κ1) is 10.6. The second-order valence-electron chi connectivity index (χ2n) is 3.55. The van der Waals surface area contributed by atoms with E-state index in [-0.39, 0.29) is 0 Å². The van der Waals surface area contributed by atoms with Gasteiger partial charge < -0.3 is 4.42 Å². The molecular weight excluding hydrogens is 214 g/mol. The van der Waals surface area contributed by atoms with Crippen molar-refractivity contribution in [3.63, 3.8) is 0 Å². The van der Waals surface area contributed by atoms with Gasteiger partial charge in [0.05, 0.1) is 6.54 Å². The zero-order chi connectivity index (χ0) is 10.7. The van der Waals surface area contributed by atoms with E-state index >= 15 is 0 Å². The maximum atomic E-state index is 11.1. The first-order valence-electron chi connectivity index (χ1n) is 4.89. The van der Waals surface area contributed by atoms with Crippen molar-refractivity contribution in [3.8, 4) is 0 Å². The quantitative estimate of drug-likeness (QED) is 0.712. The summed E-state index contributed by atoms with van der Waals surface area (Å²) in [6.45, 7) is 2.37. The molecule has 82 valence electrons. The second-order valence-corrected chi connectivity index (χ2v) is 5.24. The van der Waals surface area contributed by atoms with E-state index < -0.39 is 10.8 Å². The summed E-state index contributed by atoms with van der Waals surface area (Å²) in [4.78, 5) is 12.6. The molecule has 5 heteroatoms. The van der Waals surface area contributed by atoms with Crippen LogP contribution in [0.15, 0.2) is 16.5 Å². The van der Waals surface area contributed by atoms with Crippen molar-refractivity contribution in [2.45, 2.75) is 6.54 Å². The molecule has 0 amide bonds. The van der Waals surface area contributed by atoms with E-state index in [1.807, 2.05) is 6.07 Å². The first-order valence-corrected chi connectivity index (χ1v) is 6.38. The minimum atomic E-state index is -0.644. The number of carbonyl (C=O) groups is 1. The Balaban J connectivity index is 1.91. The standard InChI is InChI=1S/C10H13NO3S/c12-8-10-2-1-9(14-10)7-11-3-5-15(13)6-4-11/h1-2,8H,3-7H2. The molecule has 0 saturated carbocycles. The molecule has 0 aliphatic carbocycles. The van der Waals surface area contributed by atoms with Crippen LogP contribution in [0.25, 0.3) is 0 Å². The van der Waals surface area contributed by atoms with Crippen LogP contribution >= 0.6 is 0 Å². The van der Waals surface area contributed by atoms with Crippen LogP contribution in [0.1, 0.15) is 16.3 Å². The van der Waals surface area contributed by atoms with Gasteiger partial charge in [-0.15, -0.1) is 0 Å². The number of carbonyl (C=O) groups excluding carboxylic acids is 1. The molecule has 2 rings (SSSR count). The molecule has 0 bridgehead atoms. The van der Waals surface area contributed by atoms with Crippen molar-refractivity contribution >= 4 is 17.1 Å². The molecular formula is C10H13NO3S. The Morgan fingerprint density at radius 3 is 2.73 bits per heavy atom. The summed E-state index contributed by atoms with van der Waals surface area (Å²) in [6.07, 6.45) is 0.703. The molecule has 15 heavy (non-hydrogen) atoms. The largest absolute Gasteiger partial charge is 0.457 e. The van der Waals surface area contributed by atoms with E-state index in [9.17, 15) is 9.00 Å². The highest BCUT2D eigenvalue weighted by atomic mass is 32.2. The SMILES string of the molecule is O=Cc1ccc(CN2CCS(=O)CC2)o1. The summed E-state index contributed by atoms with van der Waals surface area (Å²) in [5.41, 5.74) is 0. The third-order valence-electron chi connectivity index (χ3n) is 2.45. The maximum absolute atomic E-state index is 11.1. The average molecular weight is 227 g/mol. The molecule has 0 unspecified atom stereocenters. The van der Waals surface area contributed by atoms with E-state index in [1.165, 1.54) is 0 Å². The van der Waals surface area contributed by atoms with Gasteiger partial charge in [-0.3, -0.25) is 13.9 Å². The lowest BCUT2D eigenvalue weighted by molar-refractivity contribution is 0.109. The number of nitrogens with zero attached hydrogens (tertiary/aromatic N) is 1. The third-order valence-corrected chi connectivity index (χ3v) is 3.72. The van der Waals surface area contributed by atoms with Gasteiger partial charge in [0.2, 0.25) is 0 Å². The Hall–Kier alpha value is -0.940. The Kier molecular flexibility index (Phi) is 3.33. The molecule has 4 nitrogen and oxygen atoms in total. The van der Waals surface area contributed by atoms with Crippen LogP contribution in [-0.4, -0.2) is 40.0 Å². The Bertz CT molecular complexity index is 364. The Labute approximate surface area is 90.7 Å². The molecule has 0 N–H and O–H groups in total. The monoisotopic (exact) mass is 227 g/mol. The lowest BCUT2D eigenvalue weighted by Crippen LogP contribution is -2.37. The molecule has 0 spiro atoms. The average Bonchev–Trinajstić information content (AvgIpc) is 2.69. The number of hydrogen-bond acceptors (Lipinski definition) is 4. The van der Waals surface area contributed by atoms with Gasteiger partial charge in [0, 0.05) is 35.4 Å². The zero-order valence-electron chi connectivity index (χ0n) is 8.35. The van der Waals surface area contributed by atoms with Gasteiger partial charge in [-0.1, -0.05) is 0 Å². The van der Waals surface area contributed by atoms with Crippen molar-refractivity contribution in [3.05, 3.63) is 23.7 Å². The summed E-state index contributed by atoms with van der Waals surface area (Å²) < 4.78 is 16.4. The molecule has 0 atom stereocenters. The van der Waals surface area contributed by atoms with Crippen LogP contribution in [0.2, 0.25) is 0 Å². The van der Waals surface area contributed by atoms with E-state index in [4.69, 9.17) is 4.42 Å². The fourth-order valence-corrected chi connectivity index (χ4v) is 2.72.